The van der Waals surface area contributed by atoms with Gasteiger partial charge in [-0.25, -0.2) is 0 Å². The standard InChI is InChI=1S/C4H8O2.C4H10O.C3H8O2/c1-3-6-4(2)5;1-3-5-4-2;1-3(5)2-4/h3H2,1-2H3;3-4H2,1-2H3;3-5H,2H2,1H3. The van der Waals surface area contributed by atoms with Crippen LogP contribution in [0.1, 0.15) is 34.6 Å². The molecular weight excluding hydrogens is 212 g/mol. The van der Waals surface area contributed by atoms with E-state index in [9.17, 15) is 4.79 Å². The van der Waals surface area contributed by atoms with E-state index in [2.05, 4.69) is 4.74 Å². The van der Waals surface area contributed by atoms with E-state index in [1.54, 1.807) is 6.92 Å². The lowest BCUT2D eigenvalue weighted by atomic mass is 10.5. The molecule has 0 amide bonds. The van der Waals surface area contributed by atoms with E-state index in [4.69, 9.17) is 14.9 Å². The van der Waals surface area contributed by atoms with Gasteiger partial charge in [-0.15, -0.1) is 0 Å². The largest absolute Gasteiger partial charge is 0.466 e. The third kappa shape index (κ3) is 50.5. The van der Waals surface area contributed by atoms with Crippen LogP contribution in [0, 0.1) is 0 Å². The zero-order valence-electron chi connectivity index (χ0n) is 11.0. The van der Waals surface area contributed by atoms with Gasteiger partial charge in [0.1, 0.15) is 0 Å². The first-order valence-corrected chi connectivity index (χ1v) is 5.46. The quantitative estimate of drug-likeness (QED) is 0.714. The van der Waals surface area contributed by atoms with Gasteiger partial charge >= 0.3 is 5.97 Å². The highest BCUT2D eigenvalue weighted by Gasteiger charge is 1.83. The van der Waals surface area contributed by atoms with Crippen molar-refractivity contribution < 1.29 is 24.5 Å². The van der Waals surface area contributed by atoms with Crippen LogP contribution in [0.4, 0.5) is 0 Å². The molecule has 0 heterocycles. The first-order chi connectivity index (χ1) is 7.45. The van der Waals surface area contributed by atoms with Crippen LogP contribution in [0.15, 0.2) is 0 Å². The highest BCUT2D eigenvalue weighted by molar-refractivity contribution is 5.65. The molecule has 0 aliphatic rings. The molecule has 0 aromatic rings. The lowest BCUT2D eigenvalue weighted by molar-refractivity contribution is -0.140. The maximum absolute atomic E-state index is 9.82. The Morgan fingerprint density at radius 1 is 1.19 bits per heavy atom. The summed E-state index contributed by atoms with van der Waals surface area (Å²) in [6, 6.07) is 0. The normalized spacial score (nSPS) is 10.2. The van der Waals surface area contributed by atoms with E-state index in [1.165, 1.54) is 13.8 Å². The van der Waals surface area contributed by atoms with Crippen molar-refractivity contribution in [3.8, 4) is 0 Å². The van der Waals surface area contributed by atoms with Crippen LogP contribution in [0.2, 0.25) is 0 Å². The van der Waals surface area contributed by atoms with Gasteiger partial charge in [0.15, 0.2) is 0 Å². The molecule has 5 heteroatoms. The summed E-state index contributed by atoms with van der Waals surface area (Å²) in [5.41, 5.74) is 0. The van der Waals surface area contributed by atoms with Crippen molar-refractivity contribution in [3.63, 3.8) is 0 Å². The molecule has 0 saturated heterocycles. The Hall–Kier alpha value is -0.650. The molecule has 100 valence electrons. The zero-order valence-corrected chi connectivity index (χ0v) is 11.0. The van der Waals surface area contributed by atoms with Crippen molar-refractivity contribution in [2.75, 3.05) is 26.4 Å². The van der Waals surface area contributed by atoms with Gasteiger partial charge in [-0.05, 0) is 27.7 Å². The number of hydrogen-bond donors (Lipinski definition) is 2. The Labute approximate surface area is 98.4 Å². The van der Waals surface area contributed by atoms with Crippen LogP contribution in [-0.2, 0) is 14.3 Å². The molecule has 0 aliphatic carbocycles. The van der Waals surface area contributed by atoms with E-state index in [-0.39, 0.29) is 12.6 Å². The van der Waals surface area contributed by atoms with Crippen molar-refractivity contribution in [2.45, 2.75) is 40.7 Å². The first kappa shape index (κ1) is 20.7. The number of carbonyl (C=O) groups excluding carboxylic acids is 1. The summed E-state index contributed by atoms with van der Waals surface area (Å²) in [5, 5.41) is 16.0. The Morgan fingerprint density at radius 3 is 1.56 bits per heavy atom. The fourth-order valence-corrected chi connectivity index (χ4v) is 0.407. The van der Waals surface area contributed by atoms with Crippen LogP contribution >= 0.6 is 0 Å². The lowest BCUT2D eigenvalue weighted by Crippen LogP contribution is -2.03. The molecule has 2 N–H and O–H groups in total. The summed E-state index contributed by atoms with van der Waals surface area (Å²) in [4.78, 5) is 9.82. The molecule has 0 aromatic carbocycles. The molecule has 0 saturated carbocycles. The van der Waals surface area contributed by atoms with E-state index in [1.807, 2.05) is 13.8 Å². The molecule has 0 spiro atoms. The maximum Gasteiger partial charge on any atom is 0.302 e. The number of hydrogen-bond acceptors (Lipinski definition) is 5. The Morgan fingerprint density at radius 2 is 1.56 bits per heavy atom. The second-order valence-corrected chi connectivity index (χ2v) is 2.74. The molecule has 1 atom stereocenters. The van der Waals surface area contributed by atoms with Gasteiger partial charge < -0.3 is 19.7 Å². The number of esters is 1. The van der Waals surface area contributed by atoms with Gasteiger partial charge in [0.05, 0.1) is 19.3 Å². The minimum Gasteiger partial charge on any atom is -0.466 e. The van der Waals surface area contributed by atoms with Crippen LogP contribution in [-0.4, -0.2) is 48.7 Å². The summed E-state index contributed by atoms with van der Waals surface area (Å²) in [6.45, 7) is 10.7. The van der Waals surface area contributed by atoms with Crippen molar-refractivity contribution >= 4 is 5.97 Å². The molecule has 0 radical (unpaired) electrons. The molecular formula is C11H26O5. The second-order valence-electron chi connectivity index (χ2n) is 2.74. The highest BCUT2D eigenvalue weighted by Crippen LogP contribution is 1.69. The van der Waals surface area contributed by atoms with Crippen molar-refractivity contribution in [2.24, 2.45) is 0 Å². The van der Waals surface area contributed by atoms with Gasteiger partial charge in [-0.2, -0.15) is 0 Å². The van der Waals surface area contributed by atoms with E-state index < -0.39 is 6.10 Å². The molecule has 16 heavy (non-hydrogen) atoms. The SMILES string of the molecule is CC(O)CO.CCOC(C)=O.CCOCC. The third-order valence-corrected chi connectivity index (χ3v) is 1.02. The minimum absolute atomic E-state index is 0.139. The summed E-state index contributed by atoms with van der Waals surface area (Å²) in [6.07, 6.45) is -0.560. The average Bonchev–Trinajstić information content (AvgIpc) is 2.20. The smallest absolute Gasteiger partial charge is 0.302 e. The van der Waals surface area contributed by atoms with Crippen LogP contribution in [0.5, 0.6) is 0 Å². The highest BCUT2D eigenvalue weighted by atomic mass is 16.5. The topological polar surface area (TPSA) is 76.0 Å². The molecule has 0 bridgehead atoms. The summed E-state index contributed by atoms with van der Waals surface area (Å²) < 4.78 is 9.24. The number of aliphatic hydroxyl groups is 2. The zero-order chi connectivity index (χ0) is 13.4. The van der Waals surface area contributed by atoms with E-state index in [0.29, 0.717) is 6.61 Å². The van der Waals surface area contributed by atoms with Gasteiger partial charge in [0.2, 0.25) is 0 Å². The van der Waals surface area contributed by atoms with Crippen molar-refractivity contribution in [1.82, 2.24) is 0 Å². The number of carbonyl (C=O) groups is 1. The van der Waals surface area contributed by atoms with Gasteiger partial charge in [0, 0.05) is 20.1 Å². The number of aliphatic hydroxyl groups excluding tert-OH is 2. The Balaban J connectivity index is -0.000000160. The predicted octanol–water partition coefficient (Wildman–Crippen LogP) is 0.972. The predicted molar refractivity (Wildman–Crippen MR) is 63.2 cm³/mol. The summed E-state index contributed by atoms with van der Waals surface area (Å²) in [7, 11) is 0. The first-order valence-electron chi connectivity index (χ1n) is 5.46. The average molecular weight is 238 g/mol. The van der Waals surface area contributed by atoms with Gasteiger partial charge in [-0.3, -0.25) is 4.79 Å². The Kier molecular flexibility index (Phi) is 25.7. The molecule has 1 unspecified atom stereocenters. The lowest BCUT2D eigenvalue weighted by Gasteiger charge is -1.90. The molecule has 0 aromatic heterocycles. The van der Waals surface area contributed by atoms with Crippen LogP contribution in [0.3, 0.4) is 0 Å². The summed E-state index contributed by atoms with van der Waals surface area (Å²) in [5.74, 6) is -0.211. The number of rotatable bonds is 4. The molecule has 0 aliphatic heterocycles. The van der Waals surface area contributed by atoms with Gasteiger partial charge in [0.25, 0.3) is 0 Å². The van der Waals surface area contributed by atoms with Crippen LogP contribution in [0.25, 0.3) is 0 Å². The molecule has 0 fully saturated rings. The van der Waals surface area contributed by atoms with Crippen molar-refractivity contribution in [1.29, 1.82) is 0 Å². The van der Waals surface area contributed by atoms with Crippen molar-refractivity contribution in [3.05, 3.63) is 0 Å². The van der Waals surface area contributed by atoms with E-state index in [0.717, 1.165) is 13.2 Å². The summed E-state index contributed by atoms with van der Waals surface area (Å²) >= 11 is 0. The maximum atomic E-state index is 9.82. The van der Waals surface area contributed by atoms with E-state index >= 15 is 0 Å². The molecule has 0 rings (SSSR count). The fraction of sp³-hybridized carbons (Fsp3) is 0.909. The fourth-order valence-electron chi connectivity index (χ4n) is 0.407. The monoisotopic (exact) mass is 238 g/mol. The third-order valence-electron chi connectivity index (χ3n) is 1.02. The van der Waals surface area contributed by atoms with Gasteiger partial charge in [-0.1, -0.05) is 0 Å². The minimum atomic E-state index is -0.560. The Bertz CT molecular complexity index is 124. The van der Waals surface area contributed by atoms with Crippen LogP contribution < -0.4 is 0 Å². The second kappa shape index (κ2) is 19.9. The molecule has 5 nitrogen and oxygen atoms in total. The number of ether oxygens (including phenoxy) is 2.